The van der Waals surface area contributed by atoms with E-state index in [9.17, 15) is 18.0 Å². The van der Waals surface area contributed by atoms with Crippen molar-refractivity contribution in [2.75, 3.05) is 11.4 Å². The van der Waals surface area contributed by atoms with Gasteiger partial charge in [-0.25, -0.2) is 8.42 Å². The lowest BCUT2D eigenvalue weighted by atomic mass is 9.96. The van der Waals surface area contributed by atoms with E-state index < -0.39 is 27.9 Å². The highest BCUT2D eigenvalue weighted by Crippen LogP contribution is 2.40. The number of anilines is 1. The lowest BCUT2D eigenvalue weighted by Crippen LogP contribution is -2.30. The van der Waals surface area contributed by atoms with Crippen molar-refractivity contribution < 1.29 is 23.1 Å². The Morgan fingerprint density at radius 3 is 2.56 bits per heavy atom. The van der Waals surface area contributed by atoms with Crippen molar-refractivity contribution >= 4 is 39.2 Å². The molecule has 3 rings (SSSR count). The third-order valence-corrected chi connectivity index (χ3v) is 6.45. The number of fused-ring (bicyclic) bond motifs is 2. The van der Waals surface area contributed by atoms with Crippen LogP contribution in [0.15, 0.2) is 47.4 Å². The summed E-state index contributed by atoms with van der Waals surface area (Å²) in [6.07, 6.45) is -0.522. The smallest absolute Gasteiger partial charge is 0.303 e. The Kier molecular flexibility index (Phi) is 5.12. The third-order valence-electron chi connectivity index (χ3n) is 4.38. The Morgan fingerprint density at radius 2 is 1.85 bits per heavy atom. The Balaban J connectivity index is 2.16. The molecule has 1 aliphatic heterocycles. The zero-order chi connectivity index (χ0) is 19.8. The van der Waals surface area contributed by atoms with Crippen molar-refractivity contribution in [1.82, 2.24) is 5.32 Å². The van der Waals surface area contributed by atoms with Crippen molar-refractivity contribution in [3.05, 3.63) is 58.6 Å². The van der Waals surface area contributed by atoms with E-state index >= 15 is 0 Å². The lowest BCUT2D eigenvalue weighted by Gasteiger charge is -2.22. The van der Waals surface area contributed by atoms with Crippen LogP contribution in [0.25, 0.3) is 0 Å². The van der Waals surface area contributed by atoms with Crippen LogP contribution in [-0.2, 0) is 19.6 Å². The molecule has 2 aromatic carbocycles. The second-order valence-corrected chi connectivity index (χ2v) is 8.48. The number of nitrogens with one attached hydrogen (secondary N) is 1. The third kappa shape index (κ3) is 3.63. The van der Waals surface area contributed by atoms with Gasteiger partial charge in [-0.05, 0) is 23.8 Å². The first-order chi connectivity index (χ1) is 12.7. The number of sulfonamides is 1. The minimum Gasteiger partial charge on any atom is -0.481 e. The number of carbonyl (C=O) groups is 2. The fourth-order valence-corrected chi connectivity index (χ4v) is 4.76. The number of benzene rings is 2. The van der Waals surface area contributed by atoms with Crippen molar-refractivity contribution in [1.29, 1.82) is 0 Å². The van der Waals surface area contributed by atoms with Crippen molar-refractivity contribution in [2.24, 2.45) is 0 Å². The first-order valence-electron chi connectivity index (χ1n) is 8.10. The molecule has 142 valence electrons. The molecular formula is C18H17ClN2O5S. The standard InChI is InChI=1S/C18H17ClN2O5S/c1-21-14-5-3-2-4-12(14)18(20-16(22)8-9-17(23)24)13-7-6-11(19)10-15(13)27(21,25)26/h2-7,10,18H,8-9H2,1H3,(H,20,22)(H,23,24). The van der Waals surface area contributed by atoms with Crippen LogP contribution in [0, 0.1) is 0 Å². The van der Waals surface area contributed by atoms with Gasteiger partial charge in [0, 0.05) is 24.1 Å². The second kappa shape index (κ2) is 7.21. The van der Waals surface area contributed by atoms with Gasteiger partial charge in [0.25, 0.3) is 10.0 Å². The maximum absolute atomic E-state index is 13.1. The highest BCUT2D eigenvalue weighted by Gasteiger charge is 2.35. The normalized spacial score (nSPS) is 17.4. The molecule has 0 radical (unpaired) electrons. The summed E-state index contributed by atoms with van der Waals surface area (Å²) in [4.78, 5) is 23.0. The summed E-state index contributed by atoms with van der Waals surface area (Å²) < 4.78 is 27.3. The molecule has 1 amide bonds. The average Bonchev–Trinajstić information content (AvgIpc) is 2.69. The highest BCUT2D eigenvalue weighted by molar-refractivity contribution is 7.92. The van der Waals surface area contributed by atoms with Crippen LogP contribution in [0.1, 0.15) is 30.0 Å². The van der Waals surface area contributed by atoms with Crippen molar-refractivity contribution in [3.63, 3.8) is 0 Å². The first-order valence-corrected chi connectivity index (χ1v) is 9.92. The molecule has 0 saturated carbocycles. The van der Waals surface area contributed by atoms with Crippen molar-refractivity contribution in [2.45, 2.75) is 23.8 Å². The predicted molar refractivity (Wildman–Crippen MR) is 100 cm³/mol. The lowest BCUT2D eigenvalue weighted by molar-refractivity contribution is -0.138. The SMILES string of the molecule is CN1c2ccccc2C(NC(=O)CCC(=O)O)c2ccc(Cl)cc2S1(=O)=O. The Bertz CT molecular complexity index is 1020. The number of para-hydroxylation sites is 1. The Morgan fingerprint density at radius 1 is 1.15 bits per heavy atom. The van der Waals surface area contributed by atoms with Gasteiger partial charge in [0.1, 0.15) is 0 Å². The summed E-state index contributed by atoms with van der Waals surface area (Å²) in [5, 5.41) is 11.8. The van der Waals surface area contributed by atoms with E-state index in [-0.39, 0.29) is 22.8 Å². The average molecular weight is 409 g/mol. The molecule has 1 heterocycles. The largest absolute Gasteiger partial charge is 0.481 e. The molecule has 0 spiro atoms. The maximum Gasteiger partial charge on any atom is 0.303 e. The van der Waals surface area contributed by atoms with Gasteiger partial charge in [-0.3, -0.25) is 13.9 Å². The number of carboxylic acids is 1. The van der Waals surface area contributed by atoms with Gasteiger partial charge in [-0.1, -0.05) is 35.9 Å². The summed E-state index contributed by atoms with van der Waals surface area (Å²) >= 11 is 6.02. The molecule has 1 unspecified atom stereocenters. The Hall–Kier alpha value is -2.58. The number of hydrogen-bond acceptors (Lipinski definition) is 4. The number of aliphatic carboxylic acids is 1. The van der Waals surface area contributed by atoms with Crippen LogP contribution in [-0.4, -0.2) is 32.4 Å². The van der Waals surface area contributed by atoms with Gasteiger partial charge >= 0.3 is 5.97 Å². The summed E-state index contributed by atoms with van der Waals surface area (Å²) in [5.41, 5.74) is 1.39. The van der Waals surface area contributed by atoms with Crippen LogP contribution in [0.3, 0.4) is 0 Å². The molecular weight excluding hydrogens is 392 g/mol. The number of carboxylic acid groups (broad SMARTS) is 1. The number of rotatable bonds is 4. The highest BCUT2D eigenvalue weighted by atomic mass is 35.5. The van der Waals surface area contributed by atoms with Gasteiger partial charge in [-0.15, -0.1) is 0 Å². The molecule has 2 aromatic rings. The molecule has 0 aliphatic carbocycles. The summed E-state index contributed by atoms with van der Waals surface area (Å²) in [6, 6.07) is 10.5. The molecule has 0 bridgehead atoms. The van der Waals surface area contributed by atoms with E-state index in [1.807, 2.05) is 0 Å². The maximum atomic E-state index is 13.1. The van der Waals surface area contributed by atoms with E-state index in [0.29, 0.717) is 16.8 Å². The van der Waals surface area contributed by atoms with Crippen molar-refractivity contribution in [3.8, 4) is 0 Å². The molecule has 0 aromatic heterocycles. The van der Waals surface area contributed by atoms with Crippen LogP contribution >= 0.6 is 11.6 Å². The van der Waals surface area contributed by atoms with Crippen LogP contribution in [0.4, 0.5) is 5.69 Å². The minimum absolute atomic E-state index is 0.00256. The number of hydrogen-bond donors (Lipinski definition) is 2. The van der Waals surface area contributed by atoms with Crippen LogP contribution < -0.4 is 9.62 Å². The van der Waals surface area contributed by atoms with Gasteiger partial charge in [0.2, 0.25) is 5.91 Å². The zero-order valence-corrected chi connectivity index (χ0v) is 15.9. The van der Waals surface area contributed by atoms with Gasteiger partial charge in [0.15, 0.2) is 0 Å². The van der Waals surface area contributed by atoms with Gasteiger partial charge < -0.3 is 10.4 Å². The summed E-state index contributed by atoms with van der Waals surface area (Å²) in [7, 11) is -2.45. The molecule has 7 nitrogen and oxygen atoms in total. The quantitative estimate of drug-likeness (QED) is 0.809. The van der Waals surface area contributed by atoms with E-state index in [1.54, 1.807) is 36.4 Å². The molecule has 27 heavy (non-hydrogen) atoms. The van der Waals surface area contributed by atoms with E-state index in [2.05, 4.69) is 5.32 Å². The van der Waals surface area contributed by atoms with E-state index in [1.165, 1.54) is 13.1 Å². The topological polar surface area (TPSA) is 104 Å². The fourth-order valence-electron chi connectivity index (χ4n) is 3.04. The van der Waals surface area contributed by atoms with Gasteiger partial charge in [0.05, 0.1) is 23.0 Å². The monoisotopic (exact) mass is 408 g/mol. The minimum atomic E-state index is -3.88. The first kappa shape index (κ1) is 19.2. The van der Waals surface area contributed by atoms with Crippen LogP contribution in [0.5, 0.6) is 0 Å². The zero-order valence-electron chi connectivity index (χ0n) is 14.3. The van der Waals surface area contributed by atoms with E-state index in [4.69, 9.17) is 16.7 Å². The summed E-state index contributed by atoms with van der Waals surface area (Å²) in [6.45, 7) is 0. The Labute approximate surface area is 161 Å². The number of carbonyl (C=O) groups excluding carboxylic acids is 1. The molecule has 1 atom stereocenters. The molecule has 2 N–H and O–H groups in total. The van der Waals surface area contributed by atoms with Gasteiger partial charge in [-0.2, -0.15) is 0 Å². The predicted octanol–water partition coefficient (Wildman–Crippen LogP) is 2.55. The molecule has 9 heteroatoms. The number of halogens is 1. The second-order valence-electron chi connectivity index (χ2n) is 6.11. The molecule has 0 saturated heterocycles. The fraction of sp³-hybridized carbons (Fsp3) is 0.222. The van der Waals surface area contributed by atoms with Crippen LogP contribution in [0.2, 0.25) is 5.02 Å². The molecule has 1 aliphatic rings. The number of nitrogens with zero attached hydrogens (tertiary/aromatic N) is 1. The molecule has 0 fully saturated rings. The van der Waals surface area contributed by atoms with E-state index in [0.717, 1.165) is 4.31 Å². The number of amides is 1. The summed E-state index contributed by atoms with van der Waals surface area (Å²) in [5.74, 6) is -1.57.